The summed E-state index contributed by atoms with van der Waals surface area (Å²) in [5.41, 5.74) is 0. The number of rotatable bonds is 3. The van der Waals surface area contributed by atoms with Gasteiger partial charge in [-0.1, -0.05) is 4.49 Å². The molecule has 74 valence electrons. The second kappa shape index (κ2) is 3.99. The predicted octanol–water partition coefficient (Wildman–Crippen LogP) is 1.08. The number of methoxy groups -OCH3 is 1. The van der Waals surface area contributed by atoms with E-state index in [-0.39, 0.29) is 0 Å². The first-order chi connectivity index (χ1) is 6.81. The number of ether oxygens (including phenoxy) is 1. The lowest BCUT2D eigenvalue weighted by molar-refractivity contribution is 0.227. The van der Waals surface area contributed by atoms with Crippen molar-refractivity contribution < 1.29 is 9.84 Å². The molecule has 0 fully saturated rings. The van der Waals surface area contributed by atoms with Crippen molar-refractivity contribution in [2.24, 2.45) is 0 Å². The van der Waals surface area contributed by atoms with Crippen LogP contribution in [0.1, 0.15) is 15.9 Å². The Kier molecular flexibility index (Phi) is 2.71. The van der Waals surface area contributed by atoms with Crippen LogP contribution in [0.15, 0.2) is 12.3 Å². The van der Waals surface area contributed by atoms with Crippen LogP contribution < -0.4 is 4.74 Å². The molecule has 1 N–H and O–H groups in total. The minimum Gasteiger partial charge on any atom is -0.480 e. The van der Waals surface area contributed by atoms with Gasteiger partial charge in [-0.25, -0.2) is 0 Å². The van der Waals surface area contributed by atoms with Gasteiger partial charge >= 0.3 is 0 Å². The van der Waals surface area contributed by atoms with Crippen molar-refractivity contribution in [3.63, 3.8) is 0 Å². The van der Waals surface area contributed by atoms with Crippen molar-refractivity contribution in [2.75, 3.05) is 7.11 Å². The van der Waals surface area contributed by atoms with Gasteiger partial charge in [-0.3, -0.25) is 0 Å². The Bertz CT molecular complexity index is 401. The van der Waals surface area contributed by atoms with E-state index < -0.39 is 6.10 Å². The number of hydrogen-bond donors (Lipinski definition) is 1. The van der Waals surface area contributed by atoms with Gasteiger partial charge in [0.05, 0.1) is 23.1 Å². The molecule has 2 rings (SSSR count). The third kappa shape index (κ3) is 1.74. The Morgan fingerprint density at radius 2 is 2.29 bits per heavy atom. The molecule has 0 aromatic carbocycles. The first-order valence-electron chi connectivity index (χ1n) is 3.77. The molecule has 1 atom stereocenters. The number of aliphatic hydroxyl groups is 1. The minimum absolute atomic E-state index is 0.515. The van der Waals surface area contributed by atoms with Crippen LogP contribution in [0, 0.1) is 0 Å². The summed E-state index contributed by atoms with van der Waals surface area (Å²) in [5.74, 6) is 0.515. The maximum atomic E-state index is 9.83. The highest BCUT2D eigenvalue weighted by Crippen LogP contribution is 2.29. The average molecular weight is 229 g/mol. The SMILES string of the molecule is COc1cc(C(O)c2cnns2)sn1. The van der Waals surface area contributed by atoms with Gasteiger partial charge in [0.1, 0.15) is 6.10 Å². The molecule has 5 nitrogen and oxygen atoms in total. The van der Waals surface area contributed by atoms with E-state index >= 15 is 0 Å². The van der Waals surface area contributed by atoms with Gasteiger partial charge < -0.3 is 9.84 Å². The van der Waals surface area contributed by atoms with Crippen LogP contribution in [0.25, 0.3) is 0 Å². The smallest absolute Gasteiger partial charge is 0.225 e. The second-order valence-corrected chi connectivity index (χ2v) is 4.15. The molecule has 0 radical (unpaired) electrons. The normalized spacial score (nSPS) is 12.7. The number of aromatic nitrogens is 3. The summed E-state index contributed by atoms with van der Waals surface area (Å²) >= 11 is 2.38. The van der Waals surface area contributed by atoms with E-state index in [0.717, 1.165) is 4.88 Å². The van der Waals surface area contributed by atoms with E-state index in [1.807, 2.05) is 0 Å². The maximum absolute atomic E-state index is 9.83. The number of aliphatic hydroxyl groups excluding tert-OH is 1. The fourth-order valence-electron chi connectivity index (χ4n) is 0.933. The zero-order valence-electron chi connectivity index (χ0n) is 7.25. The zero-order valence-corrected chi connectivity index (χ0v) is 8.88. The molecule has 2 aromatic rings. The lowest BCUT2D eigenvalue weighted by Crippen LogP contribution is -1.93. The molecule has 0 bridgehead atoms. The second-order valence-electron chi connectivity index (χ2n) is 2.49. The van der Waals surface area contributed by atoms with Crippen molar-refractivity contribution >= 4 is 23.1 Å². The highest BCUT2D eigenvalue weighted by molar-refractivity contribution is 7.07. The number of hydrogen-bond acceptors (Lipinski definition) is 7. The van der Waals surface area contributed by atoms with Gasteiger partial charge in [0.2, 0.25) is 5.88 Å². The summed E-state index contributed by atoms with van der Waals surface area (Å²) in [7, 11) is 1.54. The van der Waals surface area contributed by atoms with Gasteiger partial charge in [-0.15, -0.1) is 5.10 Å². The third-order valence-electron chi connectivity index (χ3n) is 1.63. The van der Waals surface area contributed by atoms with E-state index in [2.05, 4.69) is 14.0 Å². The van der Waals surface area contributed by atoms with E-state index in [0.29, 0.717) is 10.8 Å². The van der Waals surface area contributed by atoms with E-state index in [1.165, 1.54) is 23.1 Å². The lowest BCUT2D eigenvalue weighted by atomic mass is 10.3. The lowest BCUT2D eigenvalue weighted by Gasteiger charge is -2.01. The first-order valence-corrected chi connectivity index (χ1v) is 5.32. The highest BCUT2D eigenvalue weighted by atomic mass is 32.1. The largest absolute Gasteiger partial charge is 0.480 e. The van der Waals surface area contributed by atoms with Gasteiger partial charge in [0.15, 0.2) is 0 Å². The average Bonchev–Trinajstić information content (AvgIpc) is 2.88. The molecule has 7 heteroatoms. The van der Waals surface area contributed by atoms with Crippen LogP contribution in [0.4, 0.5) is 0 Å². The number of nitrogens with zero attached hydrogens (tertiary/aromatic N) is 3. The fourth-order valence-corrected chi connectivity index (χ4v) is 2.22. The molecular weight excluding hydrogens is 222 g/mol. The molecular formula is C7H7N3O2S2. The van der Waals surface area contributed by atoms with Crippen LogP contribution in [0.5, 0.6) is 5.88 Å². The summed E-state index contributed by atoms with van der Waals surface area (Å²) in [4.78, 5) is 1.43. The Morgan fingerprint density at radius 1 is 1.43 bits per heavy atom. The van der Waals surface area contributed by atoms with Crippen molar-refractivity contribution in [2.45, 2.75) is 6.10 Å². The molecule has 14 heavy (non-hydrogen) atoms. The van der Waals surface area contributed by atoms with Crippen LogP contribution in [-0.2, 0) is 0 Å². The summed E-state index contributed by atoms with van der Waals surface area (Å²) < 4.78 is 12.6. The molecule has 0 aliphatic rings. The molecule has 0 amide bonds. The van der Waals surface area contributed by atoms with Gasteiger partial charge in [-0.2, -0.15) is 4.37 Å². The molecule has 0 aliphatic carbocycles. The van der Waals surface area contributed by atoms with Gasteiger partial charge in [-0.05, 0) is 23.1 Å². The minimum atomic E-state index is -0.698. The molecule has 2 heterocycles. The molecule has 0 spiro atoms. The van der Waals surface area contributed by atoms with E-state index in [9.17, 15) is 5.11 Å². The van der Waals surface area contributed by atoms with Gasteiger partial charge in [0, 0.05) is 6.07 Å². The highest BCUT2D eigenvalue weighted by Gasteiger charge is 2.16. The predicted molar refractivity (Wildman–Crippen MR) is 52.6 cm³/mol. The van der Waals surface area contributed by atoms with E-state index in [1.54, 1.807) is 19.4 Å². The summed E-state index contributed by atoms with van der Waals surface area (Å²) in [6.07, 6.45) is 0.845. The monoisotopic (exact) mass is 229 g/mol. The molecule has 2 aromatic heterocycles. The van der Waals surface area contributed by atoms with Crippen molar-refractivity contribution in [3.05, 3.63) is 22.0 Å². The van der Waals surface area contributed by atoms with E-state index in [4.69, 9.17) is 4.74 Å². The quantitative estimate of drug-likeness (QED) is 0.853. The van der Waals surface area contributed by atoms with Crippen molar-refractivity contribution in [1.82, 2.24) is 14.0 Å². The summed E-state index contributed by atoms with van der Waals surface area (Å²) in [6.45, 7) is 0. The molecule has 1 unspecified atom stereocenters. The summed E-state index contributed by atoms with van der Waals surface area (Å²) in [6, 6.07) is 1.70. The van der Waals surface area contributed by atoms with Crippen molar-refractivity contribution in [1.29, 1.82) is 0 Å². The Hall–Kier alpha value is -1.05. The Morgan fingerprint density at radius 3 is 2.86 bits per heavy atom. The Balaban J connectivity index is 2.23. The van der Waals surface area contributed by atoms with Crippen LogP contribution in [0.2, 0.25) is 0 Å². The standard InChI is InChI=1S/C7H7N3O2S2/c1-12-6-2-4(13-9-6)7(11)5-3-8-10-14-5/h2-3,7,11H,1H3. The molecule has 0 aliphatic heterocycles. The Labute approximate surface area is 88.3 Å². The third-order valence-corrected chi connectivity index (χ3v) is 3.17. The van der Waals surface area contributed by atoms with Crippen LogP contribution in [0.3, 0.4) is 0 Å². The topological polar surface area (TPSA) is 68.1 Å². The zero-order chi connectivity index (χ0) is 9.97. The fraction of sp³-hybridized carbons (Fsp3) is 0.286. The summed E-state index contributed by atoms with van der Waals surface area (Å²) in [5, 5.41) is 13.5. The first kappa shape index (κ1) is 9.50. The molecule has 0 saturated carbocycles. The molecule has 0 saturated heterocycles. The van der Waals surface area contributed by atoms with Crippen LogP contribution >= 0.6 is 23.1 Å². The van der Waals surface area contributed by atoms with Gasteiger partial charge in [0.25, 0.3) is 0 Å². The van der Waals surface area contributed by atoms with Crippen LogP contribution in [-0.4, -0.2) is 26.2 Å². The van der Waals surface area contributed by atoms with Crippen molar-refractivity contribution in [3.8, 4) is 5.88 Å². The maximum Gasteiger partial charge on any atom is 0.225 e.